The molecule has 0 fully saturated rings. The Hall–Kier alpha value is -3.52. The van der Waals surface area contributed by atoms with Crippen LogP contribution in [0.1, 0.15) is 18.1 Å². The van der Waals surface area contributed by atoms with Crippen LogP contribution < -0.4 is 14.8 Å². The van der Waals surface area contributed by atoms with Gasteiger partial charge in [0.05, 0.1) is 23.8 Å². The van der Waals surface area contributed by atoms with Crippen LogP contribution in [0.15, 0.2) is 46.4 Å². The minimum Gasteiger partial charge on any atom is -0.490 e. The smallest absolute Gasteiger partial charge is 0.416 e. The third kappa shape index (κ3) is 7.25. The molecule has 0 heterocycles. The number of amides is 1. The number of hydrogen-bond donors (Lipinski definition) is 1. The largest absolute Gasteiger partial charge is 0.490 e. The molecule has 0 aliphatic heterocycles. The third-order valence-electron chi connectivity index (χ3n) is 4.02. The predicted octanol–water partition coefficient (Wildman–Crippen LogP) is 4.96. The fourth-order valence-electron chi connectivity index (χ4n) is 2.55. The molecule has 0 aliphatic carbocycles. The number of ether oxygens (including phenoxy) is 3. The SMILES string of the molecule is CCOc1cc(/C=C(/C#N)C(=O)Nc2cccc(C(F)(F)F)c2)cc(Br)c1OCC(=O)OC. The number of anilines is 1. The lowest BCUT2D eigenvalue weighted by Crippen LogP contribution is -2.14. The highest BCUT2D eigenvalue weighted by atomic mass is 79.9. The maximum Gasteiger partial charge on any atom is 0.416 e. The first kappa shape index (κ1) is 25.7. The van der Waals surface area contributed by atoms with Gasteiger partial charge < -0.3 is 19.5 Å². The molecule has 11 heteroatoms. The van der Waals surface area contributed by atoms with Crippen LogP contribution >= 0.6 is 15.9 Å². The first-order valence-electron chi connectivity index (χ1n) is 9.35. The molecule has 7 nitrogen and oxygen atoms in total. The van der Waals surface area contributed by atoms with E-state index in [-0.39, 0.29) is 36.0 Å². The molecular weight excluding hydrogens is 509 g/mol. The fraction of sp³-hybridized carbons (Fsp3) is 0.227. The number of halogens is 4. The van der Waals surface area contributed by atoms with E-state index in [4.69, 9.17) is 9.47 Å². The molecule has 0 aliphatic rings. The van der Waals surface area contributed by atoms with E-state index >= 15 is 0 Å². The molecule has 0 radical (unpaired) electrons. The summed E-state index contributed by atoms with van der Waals surface area (Å²) in [5.74, 6) is -1.05. The molecule has 0 bridgehead atoms. The summed E-state index contributed by atoms with van der Waals surface area (Å²) in [6.45, 7) is 1.62. The van der Waals surface area contributed by atoms with Gasteiger partial charge in [-0.15, -0.1) is 0 Å². The van der Waals surface area contributed by atoms with Crippen molar-refractivity contribution in [1.82, 2.24) is 0 Å². The normalized spacial score (nSPS) is 11.4. The Bertz CT molecular complexity index is 1110. The van der Waals surface area contributed by atoms with Crippen LogP contribution in [-0.2, 0) is 20.5 Å². The van der Waals surface area contributed by atoms with E-state index in [1.807, 2.05) is 0 Å². The molecule has 1 amide bonds. The van der Waals surface area contributed by atoms with Crippen LogP contribution in [0.2, 0.25) is 0 Å². The van der Waals surface area contributed by atoms with Crippen molar-refractivity contribution in [3.05, 3.63) is 57.6 Å². The van der Waals surface area contributed by atoms with Crippen molar-refractivity contribution < 1.29 is 37.0 Å². The summed E-state index contributed by atoms with van der Waals surface area (Å²) in [6, 6.07) is 8.79. The van der Waals surface area contributed by atoms with Gasteiger partial charge in [-0.3, -0.25) is 4.79 Å². The highest BCUT2D eigenvalue weighted by Crippen LogP contribution is 2.37. The van der Waals surface area contributed by atoms with Crippen LogP contribution in [0.5, 0.6) is 11.5 Å². The molecule has 0 aromatic heterocycles. The van der Waals surface area contributed by atoms with Crippen LogP contribution in [-0.4, -0.2) is 32.2 Å². The summed E-state index contributed by atoms with van der Waals surface area (Å²) in [6.07, 6.45) is -3.34. The van der Waals surface area contributed by atoms with Crippen molar-refractivity contribution >= 4 is 39.6 Å². The summed E-state index contributed by atoms with van der Waals surface area (Å²) >= 11 is 3.29. The number of carbonyl (C=O) groups excluding carboxylic acids is 2. The number of carbonyl (C=O) groups is 2. The highest BCUT2D eigenvalue weighted by molar-refractivity contribution is 9.10. The number of hydrogen-bond acceptors (Lipinski definition) is 6. The number of nitriles is 1. The molecule has 0 saturated heterocycles. The summed E-state index contributed by atoms with van der Waals surface area (Å²) in [4.78, 5) is 23.8. The van der Waals surface area contributed by atoms with Gasteiger partial charge in [-0.1, -0.05) is 6.07 Å². The first-order valence-corrected chi connectivity index (χ1v) is 10.1. The van der Waals surface area contributed by atoms with Crippen molar-refractivity contribution in [3.8, 4) is 17.6 Å². The van der Waals surface area contributed by atoms with Gasteiger partial charge in [-0.25, -0.2) is 4.79 Å². The van der Waals surface area contributed by atoms with Crippen molar-refractivity contribution in [2.75, 3.05) is 25.6 Å². The number of rotatable bonds is 8. The number of nitrogens with zero attached hydrogens (tertiary/aromatic N) is 1. The van der Waals surface area contributed by atoms with E-state index in [0.29, 0.717) is 10.0 Å². The predicted molar refractivity (Wildman–Crippen MR) is 116 cm³/mol. The van der Waals surface area contributed by atoms with Crippen LogP contribution in [0, 0.1) is 11.3 Å². The summed E-state index contributed by atoms with van der Waals surface area (Å²) in [5, 5.41) is 11.7. The number of benzene rings is 2. The minimum absolute atomic E-state index is 0.112. The second kappa shape index (κ2) is 11.4. The average Bonchev–Trinajstić information content (AvgIpc) is 2.76. The molecule has 174 valence electrons. The third-order valence-corrected chi connectivity index (χ3v) is 4.61. The van der Waals surface area contributed by atoms with Gasteiger partial charge in [0.1, 0.15) is 11.6 Å². The van der Waals surface area contributed by atoms with Gasteiger partial charge in [0, 0.05) is 5.69 Å². The van der Waals surface area contributed by atoms with E-state index in [1.54, 1.807) is 13.0 Å². The molecule has 1 N–H and O–H groups in total. The Morgan fingerprint density at radius 2 is 1.94 bits per heavy atom. The maximum absolute atomic E-state index is 12.9. The number of nitrogens with one attached hydrogen (secondary N) is 1. The topological polar surface area (TPSA) is 97.6 Å². The van der Waals surface area contributed by atoms with Gasteiger partial charge >= 0.3 is 12.1 Å². The Morgan fingerprint density at radius 1 is 1.21 bits per heavy atom. The lowest BCUT2D eigenvalue weighted by molar-refractivity contribution is -0.143. The van der Waals surface area contributed by atoms with E-state index in [2.05, 4.69) is 26.0 Å². The van der Waals surface area contributed by atoms with Crippen molar-refractivity contribution in [2.45, 2.75) is 13.1 Å². The Morgan fingerprint density at radius 3 is 2.55 bits per heavy atom. The van der Waals surface area contributed by atoms with Crippen LogP contribution in [0.4, 0.5) is 18.9 Å². The van der Waals surface area contributed by atoms with E-state index in [1.165, 1.54) is 31.4 Å². The number of methoxy groups -OCH3 is 1. The molecular formula is C22H18BrF3N2O5. The zero-order valence-electron chi connectivity index (χ0n) is 17.5. The lowest BCUT2D eigenvalue weighted by atomic mass is 10.1. The van der Waals surface area contributed by atoms with E-state index in [9.17, 15) is 28.0 Å². The Kier molecular flexibility index (Phi) is 8.87. The molecule has 0 unspecified atom stereocenters. The molecule has 0 saturated carbocycles. The van der Waals surface area contributed by atoms with Gasteiger partial charge in [-0.05, 0) is 64.8 Å². The molecule has 2 aromatic carbocycles. The van der Waals surface area contributed by atoms with Gasteiger partial charge in [0.15, 0.2) is 18.1 Å². The Balaban J connectivity index is 2.32. The minimum atomic E-state index is -4.58. The van der Waals surface area contributed by atoms with E-state index < -0.39 is 23.6 Å². The maximum atomic E-state index is 12.9. The quantitative estimate of drug-likeness (QED) is 0.296. The molecule has 0 atom stereocenters. The van der Waals surface area contributed by atoms with Crippen molar-refractivity contribution in [3.63, 3.8) is 0 Å². The van der Waals surface area contributed by atoms with Crippen molar-refractivity contribution in [2.24, 2.45) is 0 Å². The van der Waals surface area contributed by atoms with Crippen molar-refractivity contribution in [1.29, 1.82) is 5.26 Å². The highest BCUT2D eigenvalue weighted by Gasteiger charge is 2.30. The monoisotopic (exact) mass is 526 g/mol. The number of esters is 1. The van der Waals surface area contributed by atoms with Crippen LogP contribution in [0.25, 0.3) is 6.08 Å². The zero-order valence-corrected chi connectivity index (χ0v) is 19.0. The molecule has 33 heavy (non-hydrogen) atoms. The molecule has 2 rings (SSSR count). The second-order valence-electron chi connectivity index (χ2n) is 6.33. The molecule has 0 spiro atoms. The standard InChI is InChI=1S/C22H18BrF3N2O5/c1-3-32-18-9-13(8-17(23)20(18)33-12-19(29)31-2)7-14(11-27)21(30)28-16-6-4-5-15(10-16)22(24,25)26/h4-10H,3,12H2,1-2H3,(H,28,30)/b14-7-. The second-order valence-corrected chi connectivity index (χ2v) is 7.18. The summed E-state index contributed by atoms with van der Waals surface area (Å²) in [7, 11) is 1.21. The number of alkyl halides is 3. The summed E-state index contributed by atoms with van der Waals surface area (Å²) < 4.78 is 54.5. The zero-order chi connectivity index (χ0) is 24.6. The van der Waals surface area contributed by atoms with Gasteiger partial charge in [0.25, 0.3) is 5.91 Å². The first-order chi connectivity index (χ1) is 15.6. The van der Waals surface area contributed by atoms with E-state index in [0.717, 1.165) is 18.2 Å². The molecule has 2 aromatic rings. The van der Waals surface area contributed by atoms with Gasteiger partial charge in [-0.2, -0.15) is 18.4 Å². The Labute approximate surface area is 195 Å². The fourth-order valence-corrected chi connectivity index (χ4v) is 3.13. The summed E-state index contributed by atoms with van der Waals surface area (Å²) in [5.41, 5.74) is -1.04. The average molecular weight is 527 g/mol. The lowest BCUT2D eigenvalue weighted by Gasteiger charge is -2.14. The van der Waals surface area contributed by atoms with Gasteiger partial charge in [0.2, 0.25) is 0 Å². The van der Waals surface area contributed by atoms with Crippen LogP contribution in [0.3, 0.4) is 0 Å².